The third-order valence-corrected chi connectivity index (χ3v) is 4.29. The summed E-state index contributed by atoms with van der Waals surface area (Å²) in [6.07, 6.45) is 0. The molecule has 1 atom stereocenters. The van der Waals surface area contributed by atoms with Crippen molar-refractivity contribution in [2.75, 3.05) is 6.61 Å². The lowest BCUT2D eigenvalue weighted by Crippen LogP contribution is -2.31. The molecule has 0 radical (unpaired) electrons. The van der Waals surface area contributed by atoms with Crippen LogP contribution in [0.5, 0.6) is 0 Å². The highest BCUT2D eigenvalue weighted by molar-refractivity contribution is 7.09. The van der Waals surface area contributed by atoms with E-state index >= 15 is 0 Å². The number of hydrogen-bond donors (Lipinski definition) is 1. The first-order valence-corrected chi connectivity index (χ1v) is 8.00. The van der Waals surface area contributed by atoms with Crippen LogP contribution in [-0.4, -0.2) is 12.6 Å². The average molecular weight is 303 g/mol. The van der Waals surface area contributed by atoms with Crippen LogP contribution in [0.15, 0.2) is 35.7 Å². The van der Waals surface area contributed by atoms with Crippen molar-refractivity contribution in [3.8, 4) is 0 Å². The van der Waals surface area contributed by atoms with Gasteiger partial charge in [0, 0.05) is 11.4 Å². The quantitative estimate of drug-likeness (QED) is 0.826. The maximum Gasteiger partial charge on any atom is 0.327 e. The summed E-state index contributed by atoms with van der Waals surface area (Å²) in [5, 5.41) is 5.38. The van der Waals surface area contributed by atoms with Gasteiger partial charge in [-0.1, -0.05) is 24.3 Å². The molecule has 1 aromatic carbocycles. The molecule has 1 N–H and O–H groups in total. The fourth-order valence-electron chi connectivity index (χ4n) is 2.43. The number of ether oxygens (including phenoxy) is 1. The lowest BCUT2D eigenvalue weighted by Gasteiger charge is -2.21. The van der Waals surface area contributed by atoms with E-state index in [4.69, 9.17) is 4.74 Å². The topological polar surface area (TPSA) is 38.3 Å². The molecule has 3 nitrogen and oxygen atoms in total. The lowest BCUT2D eigenvalue weighted by atomic mass is 9.96. The fourth-order valence-corrected chi connectivity index (χ4v) is 3.08. The SMILES string of the molecule is CCOC(=O)C(NCc1cccs1)c1c(C)cccc1C. The average Bonchev–Trinajstić information content (AvgIpc) is 2.95. The van der Waals surface area contributed by atoms with Crippen LogP contribution in [0.4, 0.5) is 0 Å². The predicted molar refractivity (Wildman–Crippen MR) is 86.4 cm³/mol. The number of thiophene rings is 1. The van der Waals surface area contributed by atoms with E-state index in [2.05, 4.69) is 11.4 Å². The van der Waals surface area contributed by atoms with Gasteiger partial charge in [0.2, 0.25) is 0 Å². The molecule has 4 heteroatoms. The summed E-state index contributed by atoms with van der Waals surface area (Å²) in [7, 11) is 0. The molecule has 0 saturated heterocycles. The molecule has 0 amide bonds. The van der Waals surface area contributed by atoms with E-state index in [-0.39, 0.29) is 5.97 Å². The van der Waals surface area contributed by atoms with Crippen molar-refractivity contribution in [1.82, 2.24) is 5.32 Å². The Morgan fingerprint density at radius 3 is 2.52 bits per heavy atom. The van der Waals surface area contributed by atoms with Crippen molar-refractivity contribution in [1.29, 1.82) is 0 Å². The summed E-state index contributed by atoms with van der Waals surface area (Å²) in [6, 6.07) is 9.72. The van der Waals surface area contributed by atoms with Crippen molar-refractivity contribution >= 4 is 17.3 Å². The van der Waals surface area contributed by atoms with E-state index in [0.717, 1.165) is 16.7 Å². The Hall–Kier alpha value is -1.65. The minimum absolute atomic E-state index is 0.216. The lowest BCUT2D eigenvalue weighted by molar-refractivity contribution is -0.145. The number of esters is 1. The Bertz CT molecular complexity index is 573. The summed E-state index contributed by atoms with van der Waals surface area (Å²) >= 11 is 1.68. The van der Waals surface area contributed by atoms with Gasteiger partial charge in [0.05, 0.1) is 6.61 Å². The van der Waals surface area contributed by atoms with Gasteiger partial charge >= 0.3 is 5.97 Å². The second-order valence-electron chi connectivity index (χ2n) is 4.95. The highest BCUT2D eigenvalue weighted by Gasteiger charge is 2.24. The Balaban J connectivity index is 2.25. The molecule has 21 heavy (non-hydrogen) atoms. The number of aryl methyl sites for hydroxylation is 2. The molecule has 0 spiro atoms. The van der Waals surface area contributed by atoms with E-state index in [9.17, 15) is 4.79 Å². The first-order chi connectivity index (χ1) is 10.1. The van der Waals surface area contributed by atoms with E-state index in [1.165, 1.54) is 4.88 Å². The summed E-state index contributed by atoms with van der Waals surface area (Å²) in [4.78, 5) is 13.5. The van der Waals surface area contributed by atoms with Crippen molar-refractivity contribution in [3.63, 3.8) is 0 Å². The normalized spacial score (nSPS) is 12.1. The van der Waals surface area contributed by atoms with E-state index in [1.54, 1.807) is 11.3 Å². The Labute approximate surface area is 130 Å². The molecule has 112 valence electrons. The van der Waals surface area contributed by atoms with E-state index < -0.39 is 6.04 Å². The van der Waals surface area contributed by atoms with Crippen LogP contribution in [0, 0.1) is 13.8 Å². The molecular formula is C17H21NO2S. The third kappa shape index (κ3) is 3.93. The van der Waals surface area contributed by atoms with Gasteiger partial charge in [0.25, 0.3) is 0 Å². The van der Waals surface area contributed by atoms with Crippen molar-refractivity contribution in [2.24, 2.45) is 0 Å². The van der Waals surface area contributed by atoms with Crippen LogP contribution in [-0.2, 0) is 16.1 Å². The first-order valence-electron chi connectivity index (χ1n) is 7.12. The highest BCUT2D eigenvalue weighted by Crippen LogP contribution is 2.24. The Morgan fingerprint density at radius 2 is 1.95 bits per heavy atom. The molecule has 0 fully saturated rings. The zero-order valence-corrected chi connectivity index (χ0v) is 13.5. The van der Waals surface area contributed by atoms with Crippen LogP contribution in [0.2, 0.25) is 0 Å². The second-order valence-corrected chi connectivity index (χ2v) is 5.98. The monoisotopic (exact) mass is 303 g/mol. The molecule has 0 aliphatic carbocycles. The van der Waals surface area contributed by atoms with Gasteiger partial charge < -0.3 is 4.74 Å². The maximum atomic E-state index is 12.3. The van der Waals surface area contributed by atoms with Crippen LogP contribution in [0.25, 0.3) is 0 Å². The zero-order valence-electron chi connectivity index (χ0n) is 12.7. The molecule has 1 aromatic heterocycles. The molecule has 2 rings (SSSR count). The molecule has 0 bridgehead atoms. The largest absolute Gasteiger partial charge is 0.465 e. The second kappa shape index (κ2) is 7.38. The minimum Gasteiger partial charge on any atom is -0.465 e. The van der Waals surface area contributed by atoms with Crippen LogP contribution < -0.4 is 5.32 Å². The van der Waals surface area contributed by atoms with Gasteiger partial charge in [-0.15, -0.1) is 11.3 Å². The van der Waals surface area contributed by atoms with Crippen LogP contribution >= 0.6 is 11.3 Å². The maximum absolute atomic E-state index is 12.3. The third-order valence-electron chi connectivity index (χ3n) is 3.41. The number of carbonyl (C=O) groups excluding carboxylic acids is 1. The molecule has 1 unspecified atom stereocenters. The zero-order chi connectivity index (χ0) is 15.2. The molecule has 0 aliphatic rings. The summed E-state index contributed by atoms with van der Waals surface area (Å²) < 4.78 is 5.24. The van der Waals surface area contributed by atoms with Gasteiger partial charge in [0.1, 0.15) is 6.04 Å². The van der Waals surface area contributed by atoms with Crippen LogP contribution in [0.3, 0.4) is 0 Å². The fraction of sp³-hybridized carbons (Fsp3) is 0.353. The van der Waals surface area contributed by atoms with Gasteiger partial charge in [-0.3, -0.25) is 5.32 Å². The number of rotatable bonds is 6. The summed E-state index contributed by atoms with van der Waals surface area (Å²) in [5.74, 6) is -0.216. The molecular weight excluding hydrogens is 282 g/mol. The van der Waals surface area contributed by atoms with Gasteiger partial charge in [-0.05, 0) is 48.9 Å². The van der Waals surface area contributed by atoms with Crippen molar-refractivity contribution < 1.29 is 9.53 Å². The summed E-state index contributed by atoms with van der Waals surface area (Å²) in [5.41, 5.74) is 3.23. The van der Waals surface area contributed by atoms with E-state index in [0.29, 0.717) is 13.2 Å². The van der Waals surface area contributed by atoms with Crippen molar-refractivity contribution in [2.45, 2.75) is 33.4 Å². The first kappa shape index (κ1) is 15.7. The number of nitrogens with one attached hydrogen (secondary N) is 1. The number of benzene rings is 1. The summed E-state index contributed by atoms with van der Waals surface area (Å²) in [6.45, 7) is 6.94. The Morgan fingerprint density at radius 1 is 1.24 bits per heavy atom. The smallest absolute Gasteiger partial charge is 0.327 e. The predicted octanol–water partition coefficient (Wildman–Crippen LogP) is 3.76. The number of carbonyl (C=O) groups is 1. The van der Waals surface area contributed by atoms with Crippen LogP contribution in [0.1, 0.15) is 34.5 Å². The molecule has 1 heterocycles. The standard InChI is InChI=1S/C17H21NO2S/c1-4-20-17(19)16(18-11-14-9-6-10-21-14)15-12(2)7-5-8-13(15)3/h5-10,16,18H,4,11H2,1-3H3. The molecule has 2 aromatic rings. The molecule has 0 aliphatic heterocycles. The minimum atomic E-state index is -0.423. The highest BCUT2D eigenvalue weighted by atomic mass is 32.1. The van der Waals surface area contributed by atoms with Gasteiger partial charge in [-0.2, -0.15) is 0 Å². The Kier molecular flexibility index (Phi) is 5.53. The van der Waals surface area contributed by atoms with Crippen molar-refractivity contribution in [3.05, 3.63) is 57.3 Å². The van der Waals surface area contributed by atoms with Gasteiger partial charge in [0.15, 0.2) is 0 Å². The molecule has 0 saturated carbocycles. The van der Waals surface area contributed by atoms with Gasteiger partial charge in [-0.25, -0.2) is 4.79 Å². The van der Waals surface area contributed by atoms with E-state index in [1.807, 2.05) is 50.4 Å². The number of hydrogen-bond acceptors (Lipinski definition) is 4.